The van der Waals surface area contributed by atoms with E-state index in [2.05, 4.69) is 0 Å². The van der Waals surface area contributed by atoms with E-state index in [9.17, 15) is 22.0 Å². The Kier molecular flexibility index (Phi) is 6.52. The number of carbonyl (C=O) groups is 1. The molecule has 6 nitrogen and oxygen atoms in total. The van der Waals surface area contributed by atoms with Crippen LogP contribution in [-0.4, -0.2) is 62.7 Å². The first-order chi connectivity index (χ1) is 15.6. The minimum atomic E-state index is -4.03. The van der Waals surface area contributed by atoms with Crippen LogP contribution in [0.3, 0.4) is 0 Å². The molecule has 33 heavy (non-hydrogen) atoms. The maximum Gasteiger partial charge on any atom is 0.283 e. The van der Waals surface area contributed by atoms with Gasteiger partial charge in [0.25, 0.3) is 11.8 Å². The van der Waals surface area contributed by atoms with Crippen LogP contribution >= 0.6 is 0 Å². The largest absolute Gasteiger partial charge is 0.368 e. The summed E-state index contributed by atoms with van der Waals surface area (Å²) >= 11 is 0. The topological polar surface area (TPSA) is 75.7 Å². The minimum Gasteiger partial charge on any atom is -0.368 e. The first-order valence-electron chi connectivity index (χ1n) is 10.7. The van der Waals surface area contributed by atoms with Crippen molar-refractivity contribution in [3.63, 3.8) is 0 Å². The molecular formula is C23H25F3N2O4S. The SMILES string of the molecule is CS(=O)(=O)N[C@@H]1[C@H](Cc2cccc(-c3ccccc3)c2F)N(C(=O)[C@@H]2CCCO2)CC1(F)F. The Morgan fingerprint density at radius 3 is 2.55 bits per heavy atom. The number of hydrogen-bond donors (Lipinski definition) is 1. The lowest BCUT2D eigenvalue weighted by molar-refractivity contribution is -0.143. The van der Waals surface area contributed by atoms with Crippen LogP contribution in [0.1, 0.15) is 18.4 Å². The van der Waals surface area contributed by atoms with Crippen LogP contribution in [0.15, 0.2) is 48.5 Å². The highest BCUT2D eigenvalue weighted by molar-refractivity contribution is 7.88. The average molecular weight is 483 g/mol. The lowest BCUT2D eigenvalue weighted by Gasteiger charge is -2.29. The van der Waals surface area contributed by atoms with Crippen LogP contribution < -0.4 is 4.72 Å². The number of carbonyl (C=O) groups excluding carboxylic acids is 1. The van der Waals surface area contributed by atoms with Crippen LogP contribution in [0.25, 0.3) is 11.1 Å². The van der Waals surface area contributed by atoms with Crippen molar-refractivity contribution in [2.45, 2.75) is 43.4 Å². The first-order valence-corrected chi connectivity index (χ1v) is 12.6. The average Bonchev–Trinajstić information content (AvgIpc) is 3.37. The number of ether oxygens (including phenoxy) is 1. The second-order valence-corrected chi connectivity index (χ2v) is 10.3. The number of halogens is 3. The number of alkyl halides is 2. The summed E-state index contributed by atoms with van der Waals surface area (Å²) in [4.78, 5) is 14.0. The van der Waals surface area contributed by atoms with Gasteiger partial charge in [-0.3, -0.25) is 4.79 Å². The molecule has 2 heterocycles. The highest BCUT2D eigenvalue weighted by Crippen LogP contribution is 2.37. The minimum absolute atomic E-state index is 0.115. The molecule has 3 atom stereocenters. The Morgan fingerprint density at radius 1 is 1.18 bits per heavy atom. The standard InChI is InChI=1S/C23H25F3N2O4S/c1-33(30,31)27-21-18(28(14-23(21,25)26)22(29)19-11-6-12-32-19)13-16-9-5-10-17(20(16)24)15-7-3-2-4-8-15/h2-5,7-10,18-19,21,27H,6,11-14H2,1H3/t18-,19-,21+/m0/s1. The van der Waals surface area contributed by atoms with Crippen LogP contribution in [0.4, 0.5) is 13.2 Å². The van der Waals surface area contributed by atoms with Gasteiger partial charge < -0.3 is 9.64 Å². The smallest absolute Gasteiger partial charge is 0.283 e. The normalized spacial score (nSPS) is 24.8. The quantitative estimate of drug-likeness (QED) is 0.687. The Labute approximate surface area is 190 Å². The van der Waals surface area contributed by atoms with Gasteiger partial charge in [0.15, 0.2) is 0 Å². The molecule has 0 aromatic heterocycles. The Balaban J connectivity index is 1.71. The van der Waals surface area contributed by atoms with Gasteiger partial charge in [-0.2, -0.15) is 0 Å². The first kappa shape index (κ1) is 23.7. The van der Waals surface area contributed by atoms with Gasteiger partial charge in [0.05, 0.1) is 18.8 Å². The van der Waals surface area contributed by atoms with Crippen LogP contribution in [0.5, 0.6) is 0 Å². The van der Waals surface area contributed by atoms with Gasteiger partial charge in [0.2, 0.25) is 10.0 Å². The molecule has 2 aromatic rings. The summed E-state index contributed by atoms with van der Waals surface area (Å²) in [6, 6.07) is 10.2. The molecular weight excluding hydrogens is 457 g/mol. The highest BCUT2D eigenvalue weighted by atomic mass is 32.2. The number of nitrogens with zero attached hydrogens (tertiary/aromatic N) is 1. The second-order valence-electron chi connectivity index (χ2n) is 8.51. The molecule has 0 spiro atoms. The lowest BCUT2D eigenvalue weighted by atomic mass is 9.95. The fraction of sp³-hybridized carbons (Fsp3) is 0.435. The fourth-order valence-electron chi connectivity index (χ4n) is 4.53. The lowest BCUT2D eigenvalue weighted by Crippen LogP contribution is -2.53. The Hall–Kier alpha value is -2.43. The van der Waals surface area contributed by atoms with Crippen LogP contribution in [0.2, 0.25) is 0 Å². The third-order valence-electron chi connectivity index (χ3n) is 6.04. The molecule has 0 radical (unpaired) electrons. The molecule has 2 aromatic carbocycles. The van der Waals surface area contributed by atoms with Gasteiger partial charge in [0.1, 0.15) is 18.0 Å². The van der Waals surface area contributed by atoms with Gasteiger partial charge in [-0.1, -0.05) is 48.5 Å². The van der Waals surface area contributed by atoms with E-state index in [1.54, 1.807) is 42.5 Å². The van der Waals surface area contributed by atoms with Crippen molar-refractivity contribution in [1.82, 2.24) is 9.62 Å². The maximum absolute atomic E-state index is 15.4. The zero-order chi connectivity index (χ0) is 23.8. The summed E-state index contributed by atoms with van der Waals surface area (Å²) in [7, 11) is -4.03. The molecule has 10 heteroatoms. The predicted molar refractivity (Wildman–Crippen MR) is 117 cm³/mol. The van der Waals surface area contributed by atoms with E-state index in [0.29, 0.717) is 30.6 Å². The van der Waals surface area contributed by atoms with E-state index in [1.807, 2.05) is 4.72 Å². The number of sulfonamides is 1. The van der Waals surface area contributed by atoms with Gasteiger partial charge in [0, 0.05) is 12.2 Å². The number of rotatable bonds is 6. The fourth-order valence-corrected chi connectivity index (χ4v) is 5.32. The number of amides is 1. The summed E-state index contributed by atoms with van der Waals surface area (Å²) in [6.45, 7) is -0.617. The van der Waals surface area contributed by atoms with Crippen molar-refractivity contribution >= 4 is 15.9 Å². The van der Waals surface area contributed by atoms with E-state index in [4.69, 9.17) is 4.74 Å². The molecule has 0 aliphatic carbocycles. The molecule has 178 valence electrons. The van der Waals surface area contributed by atoms with Crippen molar-refractivity contribution in [1.29, 1.82) is 0 Å². The van der Waals surface area contributed by atoms with E-state index in [1.165, 1.54) is 6.07 Å². The number of likely N-dealkylation sites (tertiary alicyclic amines) is 1. The molecule has 0 unspecified atom stereocenters. The number of benzene rings is 2. The van der Waals surface area contributed by atoms with E-state index >= 15 is 4.39 Å². The van der Waals surface area contributed by atoms with Crippen molar-refractivity contribution < 1.29 is 31.1 Å². The van der Waals surface area contributed by atoms with E-state index in [0.717, 1.165) is 11.2 Å². The summed E-state index contributed by atoms with van der Waals surface area (Å²) in [5.74, 6) is -4.76. The van der Waals surface area contributed by atoms with Gasteiger partial charge in [-0.25, -0.2) is 26.3 Å². The van der Waals surface area contributed by atoms with Crippen molar-refractivity contribution in [2.24, 2.45) is 0 Å². The van der Waals surface area contributed by atoms with E-state index < -0.39 is 52.4 Å². The number of hydrogen-bond acceptors (Lipinski definition) is 4. The molecule has 2 aliphatic heterocycles. The third-order valence-corrected chi connectivity index (χ3v) is 6.73. The molecule has 2 saturated heterocycles. The second kappa shape index (κ2) is 9.08. The van der Waals surface area contributed by atoms with Gasteiger partial charge >= 0.3 is 0 Å². The van der Waals surface area contributed by atoms with Crippen molar-refractivity contribution in [3.8, 4) is 11.1 Å². The Bertz CT molecular complexity index is 1120. The Morgan fingerprint density at radius 2 is 1.91 bits per heavy atom. The molecule has 1 amide bonds. The van der Waals surface area contributed by atoms with Crippen molar-refractivity contribution in [2.75, 3.05) is 19.4 Å². The van der Waals surface area contributed by atoms with Gasteiger partial charge in [-0.05, 0) is 30.4 Å². The third kappa shape index (κ3) is 5.07. The molecule has 2 fully saturated rings. The van der Waals surface area contributed by atoms with Crippen LogP contribution in [-0.2, 0) is 26.0 Å². The summed E-state index contributed by atoms with van der Waals surface area (Å²) in [5.41, 5.74) is 1.03. The van der Waals surface area contributed by atoms with Crippen LogP contribution in [0, 0.1) is 5.82 Å². The number of nitrogens with one attached hydrogen (secondary N) is 1. The van der Waals surface area contributed by atoms with Crippen molar-refractivity contribution in [3.05, 3.63) is 59.9 Å². The molecule has 2 aliphatic rings. The molecule has 0 bridgehead atoms. The predicted octanol–water partition coefficient (Wildman–Crippen LogP) is 2.98. The van der Waals surface area contributed by atoms with Gasteiger partial charge in [-0.15, -0.1) is 0 Å². The summed E-state index contributed by atoms with van der Waals surface area (Å²) in [6.07, 6.45) is 0.662. The summed E-state index contributed by atoms with van der Waals surface area (Å²) < 4.78 is 76.5. The maximum atomic E-state index is 15.4. The zero-order valence-electron chi connectivity index (χ0n) is 18.0. The summed E-state index contributed by atoms with van der Waals surface area (Å²) in [5, 5.41) is 0. The highest BCUT2D eigenvalue weighted by Gasteiger charge is 2.57. The van der Waals surface area contributed by atoms with E-state index in [-0.39, 0.29) is 12.0 Å². The molecule has 1 N–H and O–H groups in total. The zero-order valence-corrected chi connectivity index (χ0v) is 18.8. The molecule has 0 saturated carbocycles. The monoisotopic (exact) mass is 482 g/mol. The molecule has 4 rings (SSSR count).